The van der Waals surface area contributed by atoms with Crippen LogP contribution in [0.25, 0.3) is 0 Å². The van der Waals surface area contributed by atoms with Gasteiger partial charge in [-0.25, -0.2) is 9.97 Å². The van der Waals surface area contributed by atoms with Crippen molar-refractivity contribution in [2.45, 2.75) is 6.61 Å². The van der Waals surface area contributed by atoms with Gasteiger partial charge in [0.25, 0.3) is 0 Å². The number of hydrogen-bond donors (Lipinski definition) is 2. The van der Waals surface area contributed by atoms with Crippen molar-refractivity contribution in [2.24, 2.45) is 0 Å². The van der Waals surface area contributed by atoms with Crippen molar-refractivity contribution in [3.8, 4) is 0 Å². The van der Waals surface area contributed by atoms with Crippen LogP contribution in [0.1, 0.15) is 5.69 Å². The topological polar surface area (TPSA) is 72.0 Å². The Morgan fingerprint density at radius 1 is 1.70 bits per heavy atom. The van der Waals surface area contributed by atoms with Gasteiger partial charge in [-0.3, -0.25) is 0 Å². The second-order valence-corrected chi connectivity index (χ2v) is 2.41. The molecule has 0 aliphatic carbocycles. The van der Waals surface area contributed by atoms with Crippen LogP contribution in [0.5, 0.6) is 0 Å². The van der Waals surface area contributed by atoms with Crippen LogP contribution in [-0.4, -0.2) is 15.1 Å². The Balaban J connectivity index is 3.09. The molecule has 4 nitrogen and oxygen atoms in total. The molecular weight excluding hydrogens is 198 g/mol. The number of hydrogen-bond acceptors (Lipinski definition) is 4. The molecule has 0 aliphatic rings. The summed E-state index contributed by atoms with van der Waals surface area (Å²) in [6.45, 7) is -0.160. The van der Waals surface area contributed by atoms with Crippen LogP contribution in [-0.2, 0) is 6.61 Å². The summed E-state index contributed by atoms with van der Waals surface area (Å²) in [6.07, 6.45) is 1.45. The van der Waals surface area contributed by atoms with E-state index in [1.165, 1.54) is 6.20 Å². The minimum atomic E-state index is -0.160. The van der Waals surface area contributed by atoms with Gasteiger partial charge in [-0.1, -0.05) is 0 Å². The van der Waals surface area contributed by atoms with Crippen molar-refractivity contribution in [3.63, 3.8) is 0 Å². The summed E-state index contributed by atoms with van der Waals surface area (Å²) in [4.78, 5) is 7.58. The molecule has 0 bridgehead atoms. The van der Waals surface area contributed by atoms with E-state index in [0.717, 1.165) is 0 Å². The summed E-state index contributed by atoms with van der Waals surface area (Å²) in [7, 11) is 0. The molecule has 5 heteroatoms. The van der Waals surface area contributed by atoms with Crippen molar-refractivity contribution in [1.29, 1.82) is 0 Å². The molecule has 10 heavy (non-hydrogen) atoms. The maximum atomic E-state index is 8.65. The lowest BCUT2D eigenvalue weighted by atomic mass is 10.4. The third-order valence-electron chi connectivity index (χ3n) is 1.02. The van der Waals surface area contributed by atoms with Gasteiger partial charge >= 0.3 is 0 Å². The number of nitrogens with two attached hydrogens (primary N) is 1. The van der Waals surface area contributed by atoms with Crippen molar-refractivity contribution in [3.05, 3.63) is 16.6 Å². The fraction of sp³-hybridized carbons (Fsp3) is 0.200. The number of halogens is 1. The Kier molecular flexibility index (Phi) is 2.18. The number of aromatic nitrogens is 2. The summed E-state index contributed by atoms with van der Waals surface area (Å²) < 4.78 is 0.436. The van der Waals surface area contributed by atoms with Crippen LogP contribution in [0.4, 0.5) is 5.69 Å². The molecule has 0 saturated heterocycles. The van der Waals surface area contributed by atoms with Gasteiger partial charge < -0.3 is 10.8 Å². The molecule has 1 aromatic rings. The van der Waals surface area contributed by atoms with Crippen molar-refractivity contribution < 1.29 is 5.11 Å². The van der Waals surface area contributed by atoms with Gasteiger partial charge in [-0.15, -0.1) is 0 Å². The van der Waals surface area contributed by atoms with Gasteiger partial charge in [0.1, 0.15) is 0 Å². The van der Waals surface area contributed by atoms with Crippen molar-refractivity contribution >= 4 is 21.6 Å². The standard InChI is InChI=1S/C5H6BrN3O/c6-5-8-1-3(7)4(2-10)9-5/h1,10H,2,7H2. The number of nitrogens with zero attached hydrogens (tertiary/aromatic N) is 2. The smallest absolute Gasteiger partial charge is 0.196 e. The molecule has 0 radical (unpaired) electrons. The van der Waals surface area contributed by atoms with Crippen LogP contribution in [0, 0.1) is 0 Å². The number of rotatable bonds is 1. The molecule has 0 saturated carbocycles. The Bertz CT molecular complexity index is 240. The second-order valence-electron chi connectivity index (χ2n) is 1.70. The van der Waals surface area contributed by atoms with Crippen LogP contribution >= 0.6 is 15.9 Å². The Morgan fingerprint density at radius 3 is 2.90 bits per heavy atom. The van der Waals surface area contributed by atoms with E-state index in [0.29, 0.717) is 16.1 Å². The molecule has 1 heterocycles. The van der Waals surface area contributed by atoms with Gasteiger partial charge in [0.2, 0.25) is 0 Å². The fourth-order valence-corrected chi connectivity index (χ4v) is 0.845. The number of nitrogen functional groups attached to an aromatic ring is 1. The quantitative estimate of drug-likeness (QED) is 0.646. The zero-order valence-electron chi connectivity index (χ0n) is 5.08. The summed E-state index contributed by atoms with van der Waals surface area (Å²) in [5, 5.41) is 8.65. The second kappa shape index (κ2) is 2.94. The molecule has 0 unspecified atom stereocenters. The highest BCUT2D eigenvalue weighted by atomic mass is 79.9. The zero-order valence-corrected chi connectivity index (χ0v) is 6.67. The molecule has 0 aliphatic heterocycles. The molecule has 0 amide bonds. The van der Waals surface area contributed by atoms with E-state index in [2.05, 4.69) is 25.9 Å². The van der Waals surface area contributed by atoms with E-state index in [4.69, 9.17) is 10.8 Å². The maximum Gasteiger partial charge on any atom is 0.196 e. The Hall–Kier alpha value is -0.680. The van der Waals surface area contributed by atoms with Crippen LogP contribution in [0.3, 0.4) is 0 Å². The normalized spacial score (nSPS) is 9.80. The first-order valence-electron chi connectivity index (χ1n) is 2.62. The lowest BCUT2D eigenvalue weighted by Crippen LogP contribution is -1.99. The maximum absolute atomic E-state index is 8.65. The van der Waals surface area contributed by atoms with E-state index in [9.17, 15) is 0 Å². The van der Waals surface area contributed by atoms with Crippen LogP contribution < -0.4 is 5.73 Å². The van der Waals surface area contributed by atoms with E-state index in [1.54, 1.807) is 0 Å². The van der Waals surface area contributed by atoms with Crippen LogP contribution in [0.15, 0.2) is 10.9 Å². The Labute approximate surface area is 66.2 Å². The first kappa shape index (κ1) is 7.43. The highest BCUT2D eigenvalue weighted by Gasteiger charge is 1.99. The first-order valence-corrected chi connectivity index (χ1v) is 3.41. The summed E-state index contributed by atoms with van der Waals surface area (Å²) in [6, 6.07) is 0. The average molecular weight is 204 g/mol. The average Bonchev–Trinajstić information content (AvgIpc) is 1.94. The monoisotopic (exact) mass is 203 g/mol. The van der Waals surface area contributed by atoms with Gasteiger partial charge in [-0.2, -0.15) is 0 Å². The molecule has 0 aromatic carbocycles. The summed E-state index contributed by atoms with van der Waals surface area (Å²) in [5.41, 5.74) is 6.25. The van der Waals surface area contributed by atoms with Gasteiger partial charge in [0.05, 0.1) is 24.2 Å². The van der Waals surface area contributed by atoms with Gasteiger partial charge in [-0.05, 0) is 15.9 Å². The molecule has 54 valence electrons. The van der Waals surface area contributed by atoms with Gasteiger partial charge in [0.15, 0.2) is 4.73 Å². The highest BCUT2D eigenvalue weighted by molar-refractivity contribution is 9.10. The third kappa shape index (κ3) is 1.43. The predicted octanol–water partition coefficient (Wildman–Crippen LogP) is 0.314. The fourth-order valence-electron chi connectivity index (χ4n) is 0.529. The minimum absolute atomic E-state index is 0.160. The minimum Gasteiger partial charge on any atom is -0.396 e. The molecule has 3 N–H and O–H groups in total. The molecule has 0 spiro atoms. The third-order valence-corrected chi connectivity index (χ3v) is 1.40. The van der Waals surface area contributed by atoms with E-state index in [1.807, 2.05) is 0 Å². The molecule has 0 fully saturated rings. The molecule has 0 atom stereocenters. The number of aliphatic hydroxyl groups excluding tert-OH is 1. The largest absolute Gasteiger partial charge is 0.396 e. The predicted molar refractivity (Wildman–Crippen MR) is 40.1 cm³/mol. The summed E-state index contributed by atoms with van der Waals surface area (Å²) in [5.74, 6) is 0. The molecular formula is C5H6BrN3O. The van der Waals surface area contributed by atoms with Crippen molar-refractivity contribution in [1.82, 2.24) is 9.97 Å². The van der Waals surface area contributed by atoms with E-state index in [-0.39, 0.29) is 6.61 Å². The van der Waals surface area contributed by atoms with E-state index >= 15 is 0 Å². The highest BCUT2D eigenvalue weighted by Crippen LogP contribution is 2.09. The number of aliphatic hydroxyl groups is 1. The molecule has 1 aromatic heterocycles. The lowest BCUT2D eigenvalue weighted by Gasteiger charge is -1.98. The molecule has 1 rings (SSSR count). The Morgan fingerprint density at radius 2 is 2.40 bits per heavy atom. The van der Waals surface area contributed by atoms with E-state index < -0.39 is 0 Å². The number of anilines is 1. The van der Waals surface area contributed by atoms with Gasteiger partial charge in [0, 0.05) is 0 Å². The van der Waals surface area contributed by atoms with Crippen molar-refractivity contribution in [2.75, 3.05) is 5.73 Å². The zero-order chi connectivity index (χ0) is 7.56. The summed E-state index contributed by atoms with van der Waals surface area (Å²) >= 11 is 3.05. The SMILES string of the molecule is Nc1cnc(Br)nc1CO. The lowest BCUT2D eigenvalue weighted by molar-refractivity contribution is 0.277. The first-order chi connectivity index (χ1) is 4.74. The van der Waals surface area contributed by atoms with Crippen LogP contribution in [0.2, 0.25) is 0 Å².